The third kappa shape index (κ3) is 23.8. The van der Waals surface area contributed by atoms with Crippen LogP contribution in [-0.4, -0.2) is 117 Å². The highest BCUT2D eigenvalue weighted by atomic mass is 32.2. The molecule has 3 amide bonds. The number of hydrogen-bond acceptors (Lipinski definition) is 12. The second-order valence-electron chi connectivity index (χ2n) is 15.6. The number of unbranched alkanes of at least 4 members (excludes halogenated alkanes) is 1. The lowest BCUT2D eigenvalue weighted by atomic mass is 9.96. The molecule has 0 aromatic carbocycles. The van der Waals surface area contributed by atoms with Gasteiger partial charge in [0.2, 0.25) is 17.7 Å². The summed E-state index contributed by atoms with van der Waals surface area (Å²) in [4.78, 5) is 76.1. The third-order valence-electron chi connectivity index (χ3n) is 9.72. The highest BCUT2D eigenvalue weighted by Gasteiger charge is 2.30. The fourth-order valence-corrected chi connectivity index (χ4v) is 7.09. The van der Waals surface area contributed by atoms with E-state index in [1.807, 2.05) is 26.2 Å². The van der Waals surface area contributed by atoms with Crippen molar-refractivity contribution in [1.82, 2.24) is 31.2 Å². The summed E-state index contributed by atoms with van der Waals surface area (Å²) in [6.45, 7) is 8.21. The van der Waals surface area contributed by atoms with Crippen LogP contribution in [0.3, 0.4) is 0 Å². The highest BCUT2D eigenvalue weighted by Crippen LogP contribution is 2.18. The zero-order valence-electron chi connectivity index (χ0n) is 36.0. The predicted molar refractivity (Wildman–Crippen MR) is 242 cm³/mol. The minimum Gasteiger partial charge on any atom is -0.481 e. The molecule has 0 fully saturated rings. The van der Waals surface area contributed by atoms with E-state index in [2.05, 4.69) is 61.9 Å². The predicted octanol–water partition coefficient (Wildman–Crippen LogP) is 2.03. The van der Waals surface area contributed by atoms with Crippen molar-refractivity contribution in [1.29, 1.82) is 0 Å². The van der Waals surface area contributed by atoms with Crippen LogP contribution < -0.4 is 38.5 Å². The number of nitrogens with two attached hydrogens (primary N) is 3. The number of aliphatic hydroxyl groups is 1. The number of H-pyrrole nitrogens is 1. The Morgan fingerprint density at radius 2 is 1.62 bits per heavy atom. The Balaban J connectivity index is 3.41. The van der Waals surface area contributed by atoms with Gasteiger partial charge in [-0.1, -0.05) is 51.5 Å². The van der Waals surface area contributed by atoms with E-state index < -0.39 is 65.9 Å². The Bertz CT molecular complexity index is 1510. The quantitative estimate of drug-likeness (QED) is 0.0121. The van der Waals surface area contributed by atoms with E-state index in [9.17, 15) is 34.2 Å². The maximum absolute atomic E-state index is 14.1. The molecule has 1 aromatic rings. The Kier molecular flexibility index (Phi) is 28.0. The molecule has 8 atom stereocenters. The average Bonchev–Trinajstić information content (AvgIpc) is 3.70. The molecule has 19 heteroatoms. The fourth-order valence-electron chi connectivity index (χ4n) is 6.27. The minimum atomic E-state index is -1.13. The van der Waals surface area contributed by atoms with Crippen LogP contribution in [0.2, 0.25) is 0 Å². The summed E-state index contributed by atoms with van der Waals surface area (Å²) in [7, 11) is 0. The number of Topliss-reactive ketones (excluding diaryl/α,β-unsaturated/α-hetero) is 1. The van der Waals surface area contributed by atoms with E-state index in [0.29, 0.717) is 38.0 Å². The molecule has 0 aliphatic heterocycles. The number of carbonyl (C=O) groups is 5. The summed E-state index contributed by atoms with van der Waals surface area (Å²) in [6.07, 6.45) is 15.6. The van der Waals surface area contributed by atoms with E-state index in [4.69, 9.17) is 17.2 Å². The number of hydrogen-bond donors (Lipinski definition) is 11. The molecule has 0 aliphatic rings. The maximum atomic E-state index is 14.1. The normalized spacial score (nSPS) is 15.8. The number of carbonyl (C=O) groups excluding carboxylic acids is 4. The number of thioether (sulfide) groups is 1. The number of amides is 3. The van der Waals surface area contributed by atoms with Crippen LogP contribution in [0.1, 0.15) is 91.2 Å². The number of guanidine groups is 1. The fraction of sp³-hybridized carbons (Fsp3) is 0.683. The number of thiol groups is 1. The van der Waals surface area contributed by atoms with Crippen molar-refractivity contribution in [3.05, 3.63) is 42.5 Å². The molecule has 13 N–H and O–H groups in total. The van der Waals surface area contributed by atoms with Crippen LogP contribution in [0.5, 0.6) is 0 Å². The zero-order valence-corrected chi connectivity index (χ0v) is 37.7. The van der Waals surface area contributed by atoms with Gasteiger partial charge in [0.05, 0.1) is 24.3 Å². The van der Waals surface area contributed by atoms with Gasteiger partial charge in [-0.3, -0.25) is 34.3 Å². The Hall–Kier alpha value is -3.91. The molecule has 0 bridgehead atoms. The molecule has 8 unspecified atom stereocenters. The van der Waals surface area contributed by atoms with Gasteiger partial charge >= 0.3 is 5.97 Å². The van der Waals surface area contributed by atoms with E-state index in [0.717, 1.165) is 25.0 Å². The molecule has 0 spiro atoms. The average molecular weight is 881 g/mol. The third-order valence-corrected chi connectivity index (χ3v) is 10.7. The first-order chi connectivity index (χ1) is 28.5. The Morgan fingerprint density at radius 3 is 2.20 bits per heavy atom. The molecule has 0 saturated carbocycles. The highest BCUT2D eigenvalue weighted by molar-refractivity contribution is 7.98. The first-order valence-corrected chi connectivity index (χ1v) is 22.8. The van der Waals surface area contributed by atoms with Gasteiger partial charge in [-0.2, -0.15) is 24.4 Å². The number of allylic oxidation sites excluding steroid dienone is 1. The zero-order chi connectivity index (χ0) is 45.0. The van der Waals surface area contributed by atoms with Crippen molar-refractivity contribution in [2.24, 2.45) is 45.9 Å². The van der Waals surface area contributed by atoms with Gasteiger partial charge in [-0.15, -0.1) is 0 Å². The summed E-state index contributed by atoms with van der Waals surface area (Å²) in [6, 6.07) is -3.34. The number of carboxylic acids is 1. The largest absolute Gasteiger partial charge is 0.481 e. The summed E-state index contributed by atoms with van der Waals surface area (Å²) in [5.74, 6) is -3.30. The Morgan fingerprint density at radius 1 is 0.917 bits per heavy atom. The Labute approximate surface area is 365 Å². The van der Waals surface area contributed by atoms with Crippen molar-refractivity contribution in [2.45, 2.75) is 122 Å². The number of nitrogens with zero attached hydrogens (tertiary/aromatic N) is 2. The standard InChI is InChI=1S/C41H72N10O7S2/c1-26(2)21-31(15-13-29(14-16-36(53)54)37(55)51-35(24-59)28(4)52)48-39(57)33(10-8-19-46-41(43)44)50-40(58)34(17-20-60-5)49-38(56)30(22-32-23-45-25-47-32)12-11-27(3)9-6-7-18-42/h11-13,15,23,25-27,29-31,33-35,38,49,56,59H,6-10,14,16-22,24,42H2,1-5H3,(H,45,47)(H,48,57)(H,50,58)(H,51,55)(H,53,54)(H4,43,44,46)/b12-11+,15-13+. The lowest BCUT2D eigenvalue weighted by Crippen LogP contribution is -2.56. The second kappa shape index (κ2) is 31.0. The number of aromatic nitrogens is 2. The first kappa shape index (κ1) is 54.1. The van der Waals surface area contributed by atoms with Gasteiger partial charge in [-0.25, -0.2) is 4.98 Å². The summed E-state index contributed by atoms with van der Waals surface area (Å²) >= 11 is 5.70. The molecular weight excluding hydrogens is 809 g/mol. The molecule has 17 nitrogen and oxygen atoms in total. The number of aliphatic imine (C=N–C) groups is 1. The smallest absolute Gasteiger partial charge is 0.303 e. The molecule has 1 aromatic heterocycles. The molecular formula is C41H72N10O7S2. The van der Waals surface area contributed by atoms with Crippen molar-refractivity contribution in [3.63, 3.8) is 0 Å². The number of nitrogens with one attached hydrogen (secondary N) is 5. The van der Waals surface area contributed by atoms with Gasteiger partial charge in [0.15, 0.2) is 11.7 Å². The minimum absolute atomic E-state index is 0.0384. The van der Waals surface area contributed by atoms with Gasteiger partial charge in [0.25, 0.3) is 0 Å². The second-order valence-corrected chi connectivity index (χ2v) is 16.9. The van der Waals surface area contributed by atoms with Crippen LogP contribution in [0.4, 0.5) is 0 Å². The number of aliphatic carboxylic acids is 1. The van der Waals surface area contributed by atoms with Gasteiger partial charge in [-0.05, 0) is 88.7 Å². The number of rotatable bonds is 33. The van der Waals surface area contributed by atoms with Crippen molar-refractivity contribution < 1.29 is 34.2 Å². The van der Waals surface area contributed by atoms with E-state index in [1.165, 1.54) is 6.92 Å². The van der Waals surface area contributed by atoms with Crippen molar-refractivity contribution >= 4 is 59.8 Å². The SMILES string of the molecule is CSCCC(NC(O)C(/C=C/C(C)CCCCN)Cc1cnc[nH]1)C(=O)NC(CCCN=C(N)N)C(=O)NC(/C=C/C(CCC(=O)O)C(=O)NC(CS)C(C)=O)CC(C)C. The lowest BCUT2D eigenvalue weighted by Gasteiger charge is -2.28. The lowest BCUT2D eigenvalue weighted by molar-refractivity contribution is -0.137. The van der Waals surface area contributed by atoms with Crippen LogP contribution >= 0.6 is 24.4 Å². The molecule has 1 heterocycles. The topological polar surface area (TPSA) is 293 Å². The summed E-state index contributed by atoms with van der Waals surface area (Å²) in [5, 5.41) is 32.7. The van der Waals surface area contributed by atoms with Crippen molar-refractivity contribution in [2.75, 3.05) is 30.9 Å². The molecule has 60 heavy (non-hydrogen) atoms. The van der Waals surface area contributed by atoms with E-state index in [-0.39, 0.29) is 55.1 Å². The van der Waals surface area contributed by atoms with Gasteiger partial charge in [0, 0.05) is 42.6 Å². The molecule has 0 saturated heterocycles. The number of imidazole rings is 1. The van der Waals surface area contributed by atoms with E-state index >= 15 is 0 Å². The molecule has 0 radical (unpaired) electrons. The summed E-state index contributed by atoms with van der Waals surface area (Å²) in [5.41, 5.74) is 17.6. The number of aliphatic hydroxyl groups excluding tert-OH is 1. The number of aromatic amines is 1. The van der Waals surface area contributed by atoms with Gasteiger partial charge in [0.1, 0.15) is 12.3 Å². The first-order valence-electron chi connectivity index (χ1n) is 20.8. The van der Waals surface area contributed by atoms with Crippen LogP contribution in [0.15, 0.2) is 41.8 Å². The number of ketones is 1. The monoisotopic (exact) mass is 881 g/mol. The van der Waals surface area contributed by atoms with Crippen LogP contribution in [0, 0.1) is 23.7 Å². The number of carboxylic acid groups (broad SMARTS) is 1. The molecule has 340 valence electrons. The van der Waals surface area contributed by atoms with Crippen molar-refractivity contribution in [3.8, 4) is 0 Å². The van der Waals surface area contributed by atoms with Crippen LogP contribution in [0.25, 0.3) is 0 Å². The van der Waals surface area contributed by atoms with Crippen LogP contribution in [-0.2, 0) is 30.4 Å². The molecule has 0 aliphatic carbocycles. The molecule has 1 rings (SSSR count). The maximum Gasteiger partial charge on any atom is 0.303 e. The van der Waals surface area contributed by atoms with E-state index in [1.54, 1.807) is 36.4 Å². The van der Waals surface area contributed by atoms with Gasteiger partial charge < -0.3 is 48.3 Å². The summed E-state index contributed by atoms with van der Waals surface area (Å²) < 4.78 is 0.